The first-order valence-electron chi connectivity index (χ1n) is 10.8. The van der Waals surface area contributed by atoms with Crippen molar-refractivity contribution in [3.05, 3.63) is 29.3 Å². The van der Waals surface area contributed by atoms with E-state index < -0.39 is 18.4 Å². The van der Waals surface area contributed by atoms with E-state index in [2.05, 4.69) is 60.7 Å². The summed E-state index contributed by atoms with van der Waals surface area (Å²) in [4.78, 5) is 17.3. The van der Waals surface area contributed by atoms with Crippen molar-refractivity contribution in [1.82, 2.24) is 0 Å². The van der Waals surface area contributed by atoms with Gasteiger partial charge in [-0.25, -0.2) is 0 Å². The Balaban J connectivity index is 2.04. The number of ether oxygens (including phenoxy) is 2. The van der Waals surface area contributed by atoms with Crippen LogP contribution in [0.3, 0.4) is 0 Å². The van der Waals surface area contributed by atoms with E-state index in [1.165, 1.54) is 14.7 Å². The first-order valence-corrected chi connectivity index (χ1v) is 20.8. The van der Waals surface area contributed by atoms with Gasteiger partial charge in [-0.05, 0) is 0 Å². The quantitative estimate of drug-likeness (QED) is 0.523. The summed E-state index contributed by atoms with van der Waals surface area (Å²) < 4.78 is 13.6. The van der Waals surface area contributed by atoms with Crippen LogP contribution < -0.4 is 3.58 Å². The molecule has 0 aromatic heterocycles. The van der Waals surface area contributed by atoms with Crippen molar-refractivity contribution in [3.8, 4) is 0 Å². The summed E-state index contributed by atoms with van der Waals surface area (Å²) >= 11 is -2.52. The van der Waals surface area contributed by atoms with E-state index in [0.29, 0.717) is 25.0 Å². The monoisotopic (exact) mass is 492 g/mol. The Morgan fingerprint density at radius 1 is 0.893 bits per heavy atom. The van der Waals surface area contributed by atoms with Crippen LogP contribution >= 0.6 is 0 Å². The van der Waals surface area contributed by atoms with E-state index >= 15 is 0 Å². The van der Waals surface area contributed by atoms with Gasteiger partial charge in [0.25, 0.3) is 0 Å². The van der Waals surface area contributed by atoms with Gasteiger partial charge >= 0.3 is 175 Å². The molecule has 0 saturated carbocycles. The van der Waals surface area contributed by atoms with Gasteiger partial charge in [-0.2, -0.15) is 0 Å². The second-order valence-electron chi connectivity index (χ2n) is 9.37. The van der Waals surface area contributed by atoms with Crippen LogP contribution in [-0.2, 0) is 9.47 Å². The van der Waals surface area contributed by atoms with E-state index in [4.69, 9.17) is 19.5 Å². The average molecular weight is 491 g/mol. The first kappa shape index (κ1) is 21.7. The van der Waals surface area contributed by atoms with Crippen LogP contribution in [-0.4, -0.2) is 55.5 Å². The molecule has 0 amide bonds. The van der Waals surface area contributed by atoms with Gasteiger partial charge in [-0.3, -0.25) is 0 Å². The summed E-state index contributed by atoms with van der Waals surface area (Å²) in [6.45, 7) is 10.4. The van der Waals surface area contributed by atoms with Gasteiger partial charge in [0.1, 0.15) is 0 Å². The summed E-state index contributed by atoms with van der Waals surface area (Å²) in [5, 5.41) is 0. The summed E-state index contributed by atoms with van der Waals surface area (Å²) in [7, 11) is 0. The third-order valence-corrected chi connectivity index (χ3v) is 12.0. The van der Waals surface area contributed by atoms with Gasteiger partial charge in [0, 0.05) is 0 Å². The zero-order valence-electron chi connectivity index (χ0n) is 18.6. The van der Waals surface area contributed by atoms with Crippen molar-refractivity contribution in [2.24, 2.45) is 21.8 Å². The minimum absolute atomic E-state index is 0.265. The van der Waals surface area contributed by atoms with Crippen molar-refractivity contribution >= 4 is 33.8 Å². The molecule has 0 bridgehead atoms. The Kier molecular flexibility index (Phi) is 6.78. The predicted octanol–water partition coefficient (Wildman–Crippen LogP) is 4.61. The molecule has 0 N–H and O–H groups in total. The zero-order chi connectivity index (χ0) is 20.5. The fraction of sp³-hybridized carbons (Fsp3) is 0.652. The van der Waals surface area contributed by atoms with Gasteiger partial charge < -0.3 is 0 Å². The molecular weight excluding hydrogens is 455 g/mol. The molecule has 28 heavy (non-hydrogen) atoms. The third-order valence-electron chi connectivity index (χ3n) is 6.22. The SMILES string of the molecule is CCC(C)[C@H]1COC(c2cccc(C3=N[C@@H](C(C)CC)CO3)[c]2[Sn]([CH3])([CH3])[CH3])=N1. The molecule has 0 fully saturated rings. The van der Waals surface area contributed by atoms with Crippen molar-refractivity contribution < 1.29 is 9.47 Å². The molecule has 5 heteroatoms. The maximum absolute atomic E-state index is 6.11. The normalized spacial score (nSPS) is 24.2. The van der Waals surface area contributed by atoms with Gasteiger partial charge in [-0.15, -0.1) is 0 Å². The predicted molar refractivity (Wildman–Crippen MR) is 121 cm³/mol. The molecule has 2 unspecified atom stereocenters. The van der Waals surface area contributed by atoms with E-state index in [1.807, 2.05) is 0 Å². The van der Waals surface area contributed by atoms with Gasteiger partial charge in [0.05, 0.1) is 0 Å². The molecule has 0 aliphatic carbocycles. The number of benzene rings is 1. The van der Waals surface area contributed by atoms with Crippen molar-refractivity contribution in [3.63, 3.8) is 0 Å². The fourth-order valence-corrected chi connectivity index (χ4v) is 9.62. The molecule has 3 rings (SSSR count). The topological polar surface area (TPSA) is 43.2 Å². The molecule has 4 atom stereocenters. The molecule has 0 radical (unpaired) electrons. The number of nitrogens with zero attached hydrogens (tertiary/aromatic N) is 2. The van der Waals surface area contributed by atoms with Gasteiger partial charge in [0.15, 0.2) is 0 Å². The van der Waals surface area contributed by atoms with Gasteiger partial charge in [0.2, 0.25) is 0 Å². The molecule has 0 spiro atoms. The van der Waals surface area contributed by atoms with Crippen LogP contribution in [0.2, 0.25) is 14.8 Å². The van der Waals surface area contributed by atoms with Crippen LogP contribution in [0.15, 0.2) is 28.2 Å². The molecule has 1 aromatic carbocycles. The second kappa shape index (κ2) is 8.76. The number of hydrogen-bond acceptors (Lipinski definition) is 4. The molecule has 1 aromatic rings. The van der Waals surface area contributed by atoms with Crippen molar-refractivity contribution in [2.75, 3.05) is 13.2 Å². The summed E-state index contributed by atoms with van der Waals surface area (Å²) in [6, 6.07) is 7.00. The van der Waals surface area contributed by atoms with Gasteiger partial charge in [-0.1, -0.05) is 0 Å². The van der Waals surface area contributed by atoms with Crippen LogP contribution in [0.4, 0.5) is 0 Å². The van der Waals surface area contributed by atoms with Crippen LogP contribution in [0.5, 0.6) is 0 Å². The second-order valence-corrected chi connectivity index (χ2v) is 23.6. The van der Waals surface area contributed by atoms with E-state index in [-0.39, 0.29) is 12.1 Å². The average Bonchev–Trinajstić information content (AvgIpc) is 3.35. The van der Waals surface area contributed by atoms with Crippen molar-refractivity contribution in [2.45, 2.75) is 67.4 Å². The minimum atomic E-state index is -2.52. The molecule has 2 aliphatic rings. The molecule has 2 aliphatic heterocycles. The first-order chi connectivity index (χ1) is 13.3. The van der Waals surface area contributed by atoms with Crippen LogP contribution in [0.1, 0.15) is 51.7 Å². The fourth-order valence-electron chi connectivity index (χ4n) is 3.92. The Hall–Kier alpha value is -1.04. The van der Waals surface area contributed by atoms with E-state index in [0.717, 1.165) is 24.6 Å². The Bertz CT molecular complexity index is 712. The maximum atomic E-state index is 6.11. The molecule has 2 heterocycles. The van der Waals surface area contributed by atoms with Crippen molar-refractivity contribution in [1.29, 1.82) is 0 Å². The van der Waals surface area contributed by atoms with Crippen LogP contribution in [0, 0.1) is 11.8 Å². The molecular formula is C23H36N2O2Sn. The molecule has 154 valence electrons. The number of hydrogen-bond donors (Lipinski definition) is 0. The summed E-state index contributed by atoms with van der Waals surface area (Å²) in [6.07, 6.45) is 2.25. The Morgan fingerprint density at radius 2 is 1.32 bits per heavy atom. The van der Waals surface area contributed by atoms with Crippen LogP contribution in [0.25, 0.3) is 0 Å². The molecule has 0 saturated heterocycles. The number of rotatable bonds is 7. The summed E-state index contributed by atoms with van der Waals surface area (Å²) in [5.41, 5.74) is 2.34. The van der Waals surface area contributed by atoms with E-state index in [9.17, 15) is 0 Å². The summed E-state index contributed by atoms with van der Waals surface area (Å²) in [5.74, 6) is 2.74. The Labute approximate surface area is 174 Å². The number of aliphatic imine (C=N–C) groups is 2. The standard InChI is InChI=1S/C20H27N2O2.3CH3.Sn/c1-5-13(3)17-11-23-19(21-17)15-8-7-9-16(10-15)20-22-18(12-24-20)14(4)6-2;;;;/h7-9,13-14,17-18H,5-6,11-12H2,1-4H3;3*1H3;/t13?,14?,17-,18-;;;;/m1..../s1. The zero-order valence-corrected chi connectivity index (χ0v) is 21.4. The van der Waals surface area contributed by atoms with E-state index in [1.54, 1.807) is 0 Å². The Morgan fingerprint density at radius 3 is 1.68 bits per heavy atom. The molecule has 4 nitrogen and oxygen atoms in total. The third kappa shape index (κ3) is 4.42.